The van der Waals surface area contributed by atoms with Crippen molar-refractivity contribution in [3.63, 3.8) is 0 Å². The maximum atomic E-state index is 11.3. The normalized spacial score (nSPS) is 13.2. The summed E-state index contributed by atoms with van der Waals surface area (Å²) in [6.07, 6.45) is 0.104. The molecule has 6 heteroatoms. The molecule has 0 aliphatic rings. The first kappa shape index (κ1) is 18.8. The van der Waals surface area contributed by atoms with Crippen LogP contribution in [0, 0.1) is 0 Å². The Morgan fingerprint density at radius 2 is 1.92 bits per heavy atom. The molecule has 2 rings (SSSR count). The lowest BCUT2D eigenvalue weighted by Gasteiger charge is -2.18. The van der Waals surface area contributed by atoms with Gasteiger partial charge in [0.25, 0.3) is 5.91 Å². The monoisotopic (exact) mass is 343 g/mol. The number of nitrogens with two attached hydrogens (primary N) is 1. The SMILES string of the molecule is CC(CCNc1ccccc1)NCC(O)c1ccc(O)c(C(N)=O)c1. The quantitative estimate of drug-likeness (QED) is 0.479. The molecule has 1 amide bonds. The van der Waals surface area contributed by atoms with Gasteiger partial charge in [-0.25, -0.2) is 0 Å². The van der Waals surface area contributed by atoms with E-state index < -0.39 is 12.0 Å². The summed E-state index contributed by atoms with van der Waals surface area (Å²) in [6, 6.07) is 14.6. The zero-order valence-corrected chi connectivity index (χ0v) is 14.3. The number of aromatic hydroxyl groups is 1. The van der Waals surface area contributed by atoms with Crippen molar-refractivity contribution in [2.24, 2.45) is 5.73 Å². The summed E-state index contributed by atoms with van der Waals surface area (Å²) in [5.74, 6) is -0.906. The Hall–Kier alpha value is -2.57. The molecule has 6 nitrogen and oxygen atoms in total. The van der Waals surface area contributed by atoms with Crippen LogP contribution >= 0.6 is 0 Å². The standard InChI is InChI=1S/C19H25N3O3/c1-13(9-10-21-15-5-3-2-4-6-15)22-12-18(24)14-7-8-17(23)16(11-14)19(20)25/h2-8,11,13,18,21-24H,9-10,12H2,1H3,(H2,20,25). The number of carbonyl (C=O) groups excluding carboxylic acids is 1. The number of para-hydroxylation sites is 1. The average Bonchev–Trinajstić information content (AvgIpc) is 2.60. The number of rotatable bonds is 9. The van der Waals surface area contributed by atoms with Gasteiger partial charge in [-0.2, -0.15) is 0 Å². The molecule has 0 saturated heterocycles. The van der Waals surface area contributed by atoms with Crippen molar-refractivity contribution in [1.29, 1.82) is 0 Å². The maximum Gasteiger partial charge on any atom is 0.252 e. The fourth-order valence-corrected chi connectivity index (χ4v) is 2.48. The van der Waals surface area contributed by atoms with Gasteiger partial charge in [-0.15, -0.1) is 0 Å². The number of benzene rings is 2. The van der Waals surface area contributed by atoms with E-state index in [1.165, 1.54) is 12.1 Å². The van der Waals surface area contributed by atoms with E-state index in [-0.39, 0.29) is 17.4 Å². The van der Waals surface area contributed by atoms with Gasteiger partial charge in [0, 0.05) is 24.8 Å². The van der Waals surface area contributed by atoms with Crippen molar-refractivity contribution >= 4 is 11.6 Å². The number of anilines is 1. The minimum Gasteiger partial charge on any atom is -0.507 e. The lowest BCUT2D eigenvalue weighted by Crippen LogP contribution is -2.32. The van der Waals surface area contributed by atoms with Crippen LogP contribution in [0.3, 0.4) is 0 Å². The topological polar surface area (TPSA) is 108 Å². The first-order valence-electron chi connectivity index (χ1n) is 8.30. The van der Waals surface area contributed by atoms with Crippen molar-refractivity contribution in [2.75, 3.05) is 18.4 Å². The van der Waals surface area contributed by atoms with Crippen LogP contribution in [-0.2, 0) is 0 Å². The fourth-order valence-electron chi connectivity index (χ4n) is 2.48. The van der Waals surface area contributed by atoms with E-state index >= 15 is 0 Å². The number of hydrogen-bond acceptors (Lipinski definition) is 5. The molecule has 0 radical (unpaired) electrons. The van der Waals surface area contributed by atoms with Gasteiger partial charge >= 0.3 is 0 Å². The molecule has 2 aromatic rings. The third-order valence-corrected chi connectivity index (χ3v) is 4.01. The predicted octanol–water partition coefficient (Wildman–Crippen LogP) is 2.00. The lowest BCUT2D eigenvalue weighted by atomic mass is 10.0. The molecule has 2 unspecified atom stereocenters. The number of carbonyl (C=O) groups is 1. The summed E-state index contributed by atoms with van der Waals surface area (Å²) in [4.78, 5) is 11.3. The molecule has 2 atom stereocenters. The average molecular weight is 343 g/mol. The van der Waals surface area contributed by atoms with Crippen LogP contribution in [-0.4, -0.2) is 35.3 Å². The van der Waals surface area contributed by atoms with Crippen LogP contribution in [0.1, 0.15) is 35.4 Å². The van der Waals surface area contributed by atoms with Crippen molar-refractivity contribution in [3.05, 3.63) is 59.7 Å². The van der Waals surface area contributed by atoms with Crippen LogP contribution in [0.15, 0.2) is 48.5 Å². The number of primary amides is 1. The molecule has 0 aliphatic carbocycles. The van der Waals surface area contributed by atoms with Crippen LogP contribution < -0.4 is 16.4 Å². The van der Waals surface area contributed by atoms with Crippen LogP contribution in [0.5, 0.6) is 5.75 Å². The van der Waals surface area contributed by atoms with Crippen LogP contribution in [0.4, 0.5) is 5.69 Å². The minimum absolute atomic E-state index is 0.0108. The van der Waals surface area contributed by atoms with Crippen LogP contribution in [0.25, 0.3) is 0 Å². The summed E-state index contributed by atoms with van der Waals surface area (Å²) >= 11 is 0. The Morgan fingerprint density at radius 1 is 1.20 bits per heavy atom. The van der Waals surface area contributed by atoms with Gasteiger partial charge in [-0.3, -0.25) is 4.79 Å². The Bertz CT molecular complexity index is 692. The van der Waals surface area contributed by atoms with Crippen molar-refractivity contribution in [1.82, 2.24) is 5.32 Å². The molecule has 25 heavy (non-hydrogen) atoms. The highest BCUT2D eigenvalue weighted by Crippen LogP contribution is 2.22. The molecular formula is C19H25N3O3. The van der Waals surface area contributed by atoms with Gasteiger partial charge in [0.1, 0.15) is 5.75 Å². The first-order valence-corrected chi connectivity index (χ1v) is 8.30. The van der Waals surface area contributed by atoms with E-state index in [4.69, 9.17) is 5.73 Å². The Balaban J connectivity index is 1.78. The molecule has 0 heterocycles. The molecule has 0 spiro atoms. The van der Waals surface area contributed by atoms with Crippen LogP contribution in [0.2, 0.25) is 0 Å². The number of nitrogens with one attached hydrogen (secondary N) is 2. The molecule has 0 saturated carbocycles. The molecule has 0 bridgehead atoms. The van der Waals surface area contributed by atoms with Crippen molar-refractivity contribution in [3.8, 4) is 5.75 Å². The summed E-state index contributed by atoms with van der Waals surface area (Å²) < 4.78 is 0. The third kappa shape index (κ3) is 5.77. The van der Waals surface area contributed by atoms with E-state index in [0.717, 1.165) is 18.7 Å². The van der Waals surface area contributed by atoms with E-state index in [2.05, 4.69) is 10.6 Å². The van der Waals surface area contributed by atoms with Gasteiger partial charge < -0.3 is 26.6 Å². The smallest absolute Gasteiger partial charge is 0.252 e. The number of hydrogen-bond donors (Lipinski definition) is 5. The largest absolute Gasteiger partial charge is 0.507 e. The van der Waals surface area contributed by atoms with E-state index in [1.54, 1.807) is 6.07 Å². The number of aliphatic hydroxyl groups is 1. The number of phenols is 1. The highest BCUT2D eigenvalue weighted by Gasteiger charge is 2.14. The van der Waals surface area contributed by atoms with E-state index in [9.17, 15) is 15.0 Å². The highest BCUT2D eigenvalue weighted by molar-refractivity contribution is 5.95. The Morgan fingerprint density at radius 3 is 2.60 bits per heavy atom. The summed E-state index contributed by atoms with van der Waals surface area (Å²) in [5, 5.41) is 26.5. The Labute approximate surface area is 147 Å². The second kappa shape index (κ2) is 9.05. The summed E-state index contributed by atoms with van der Waals surface area (Å²) in [5.41, 5.74) is 6.83. The zero-order valence-electron chi connectivity index (χ0n) is 14.3. The predicted molar refractivity (Wildman–Crippen MR) is 98.6 cm³/mol. The third-order valence-electron chi connectivity index (χ3n) is 4.01. The van der Waals surface area contributed by atoms with Gasteiger partial charge in [0.2, 0.25) is 0 Å². The second-order valence-electron chi connectivity index (χ2n) is 6.05. The van der Waals surface area contributed by atoms with E-state index in [1.807, 2.05) is 37.3 Å². The Kier molecular flexibility index (Phi) is 6.80. The zero-order chi connectivity index (χ0) is 18.2. The minimum atomic E-state index is -0.789. The van der Waals surface area contributed by atoms with Crippen molar-refractivity contribution < 1.29 is 15.0 Å². The summed E-state index contributed by atoms with van der Waals surface area (Å²) in [6.45, 7) is 3.21. The number of amides is 1. The van der Waals surface area contributed by atoms with Gasteiger partial charge in [0.05, 0.1) is 11.7 Å². The van der Waals surface area contributed by atoms with Gasteiger partial charge in [-0.1, -0.05) is 24.3 Å². The summed E-state index contributed by atoms with van der Waals surface area (Å²) in [7, 11) is 0. The second-order valence-corrected chi connectivity index (χ2v) is 6.05. The van der Waals surface area contributed by atoms with Crippen molar-refractivity contribution in [2.45, 2.75) is 25.5 Å². The molecule has 6 N–H and O–H groups in total. The molecule has 0 aliphatic heterocycles. The molecule has 2 aromatic carbocycles. The molecule has 0 fully saturated rings. The molecular weight excluding hydrogens is 318 g/mol. The lowest BCUT2D eigenvalue weighted by molar-refractivity contribution is 0.0997. The molecule has 0 aromatic heterocycles. The van der Waals surface area contributed by atoms with Gasteiger partial charge in [-0.05, 0) is 43.2 Å². The van der Waals surface area contributed by atoms with Gasteiger partial charge in [0.15, 0.2) is 0 Å². The van der Waals surface area contributed by atoms with E-state index in [0.29, 0.717) is 12.1 Å². The number of aliphatic hydroxyl groups excluding tert-OH is 1. The molecule has 134 valence electrons. The first-order chi connectivity index (χ1) is 12.0. The fraction of sp³-hybridized carbons (Fsp3) is 0.316. The highest BCUT2D eigenvalue weighted by atomic mass is 16.3. The maximum absolute atomic E-state index is 11.3.